The van der Waals surface area contributed by atoms with Crippen molar-refractivity contribution in [3.63, 3.8) is 0 Å². The molecule has 2 atom stereocenters. The summed E-state index contributed by atoms with van der Waals surface area (Å²) in [5.74, 6) is -1.67. The molecule has 38 heavy (non-hydrogen) atoms. The molecule has 0 radical (unpaired) electrons. The average molecular weight is 545 g/mol. The van der Waals surface area contributed by atoms with Gasteiger partial charge in [-0.15, -0.1) is 0 Å². The lowest BCUT2D eigenvalue weighted by molar-refractivity contribution is -0.138. The number of nitrogens with zero attached hydrogens (tertiary/aromatic N) is 1. The van der Waals surface area contributed by atoms with Gasteiger partial charge in [-0.25, -0.2) is 26.3 Å². The average Bonchev–Trinajstić information content (AvgIpc) is 2.86. The van der Waals surface area contributed by atoms with Crippen LogP contribution in [-0.4, -0.2) is 38.6 Å². The van der Waals surface area contributed by atoms with Gasteiger partial charge in [0.1, 0.15) is 17.5 Å². The Bertz CT molecular complexity index is 1400. The monoisotopic (exact) mass is 544 g/mol. The van der Waals surface area contributed by atoms with E-state index in [0.29, 0.717) is 36.9 Å². The highest BCUT2D eigenvalue weighted by molar-refractivity contribution is 7.88. The molecule has 1 heterocycles. The van der Waals surface area contributed by atoms with Crippen molar-refractivity contribution in [2.45, 2.75) is 44.1 Å². The fraction of sp³-hybridized carbons (Fsp3) is 0.345. The number of carbonyl (C=O) groups is 1. The lowest BCUT2D eigenvalue weighted by atomic mass is 9.69. The second-order valence-corrected chi connectivity index (χ2v) is 11.8. The van der Waals surface area contributed by atoms with Crippen LogP contribution >= 0.6 is 0 Å². The first-order valence-electron chi connectivity index (χ1n) is 12.5. The third kappa shape index (κ3) is 6.45. The largest absolute Gasteiger partial charge is 0.336 e. The van der Waals surface area contributed by atoms with E-state index >= 15 is 0 Å². The van der Waals surface area contributed by atoms with Gasteiger partial charge in [0.15, 0.2) is 0 Å². The van der Waals surface area contributed by atoms with Gasteiger partial charge in [-0.05, 0) is 67.1 Å². The van der Waals surface area contributed by atoms with Gasteiger partial charge < -0.3 is 4.90 Å². The number of benzene rings is 3. The van der Waals surface area contributed by atoms with Crippen LogP contribution in [0.4, 0.5) is 13.2 Å². The normalized spacial score (nSPS) is 19.0. The highest BCUT2D eigenvalue weighted by Crippen LogP contribution is 2.42. The number of hydrogen-bond acceptors (Lipinski definition) is 3. The van der Waals surface area contributed by atoms with Gasteiger partial charge >= 0.3 is 0 Å². The van der Waals surface area contributed by atoms with Gasteiger partial charge in [0.05, 0.1) is 12.3 Å². The number of rotatable bonds is 9. The molecule has 0 aromatic heterocycles. The Balaban J connectivity index is 1.50. The maximum absolute atomic E-state index is 14.2. The van der Waals surface area contributed by atoms with Crippen molar-refractivity contribution < 1.29 is 26.4 Å². The molecule has 5 nitrogen and oxygen atoms in total. The van der Waals surface area contributed by atoms with Crippen molar-refractivity contribution in [2.24, 2.45) is 0 Å². The fourth-order valence-corrected chi connectivity index (χ4v) is 5.80. The van der Waals surface area contributed by atoms with E-state index in [2.05, 4.69) is 4.72 Å². The van der Waals surface area contributed by atoms with E-state index in [1.165, 1.54) is 24.3 Å². The summed E-state index contributed by atoms with van der Waals surface area (Å²) in [7, 11) is -3.32. The van der Waals surface area contributed by atoms with E-state index in [9.17, 15) is 26.4 Å². The standard InChI is InChI=1S/C29H31F3N2O3S/c1-20(21-4-6-22(7-5-21)26-13-12-25(31)18-27(26)32)34-17-15-29(19-28(34)35,14-3-16-33-38(2,36)37)23-8-10-24(30)11-9-23/h4-13,18,20,33H,3,14-17,19H2,1-2H3/t20-,29?/m0/s1. The molecule has 1 aliphatic rings. The van der Waals surface area contributed by atoms with E-state index in [0.717, 1.165) is 23.4 Å². The van der Waals surface area contributed by atoms with Crippen molar-refractivity contribution in [2.75, 3.05) is 19.3 Å². The van der Waals surface area contributed by atoms with E-state index in [1.54, 1.807) is 24.3 Å². The van der Waals surface area contributed by atoms with E-state index in [4.69, 9.17) is 0 Å². The third-order valence-electron chi connectivity index (χ3n) is 7.40. The van der Waals surface area contributed by atoms with Crippen LogP contribution < -0.4 is 4.72 Å². The van der Waals surface area contributed by atoms with Crippen molar-refractivity contribution >= 4 is 15.9 Å². The van der Waals surface area contributed by atoms with Crippen LogP contribution in [0, 0.1) is 17.5 Å². The van der Waals surface area contributed by atoms with Gasteiger partial charge in [0.2, 0.25) is 15.9 Å². The molecular weight excluding hydrogens is 513 g/mol. The first-order chi connectivity index (χ1) is 18.0. The van der Waals surface area contributed by atoms with E-state index < -0.39 is 27.1 Å². The Morgan fingerprint density at radius 3 is 2.24 bits per heavy atom. The zero-order valence-corrected chi connectivity index (χ0v) is 22.2. The molecular formula is C29H31F3N2O3S. The van der Waals surface area contributed by atoms with Gasteiger partial charge in [-0.3, -0.25) is 4.79 Å². The molecule has 1 unspecified atom stereocenters. The van der Waals surface area contributed by atoms with Crippen LogP contribution in [0.1, 0.15) is 49.8 Å². The minimum absolute atomic E-state index is 0.0437. The summed E-state index contributed by atoms with van der Waals surface area (Å²) < 4.78 is 66.5. The molecule has 3 aromatic rings. The number of likely N-dealkylation sites (tertiary alicyclic amines) is 1. The molecule has 0 bridgehead atoms. The predicted octanol–water partition coefficient (Wildman–Crippen LogP) is 5.72. The molecule has 1 N–H and O–H groups in total. The number of piperidine rings is 1. The summed E-state index contributed by atoms with van der Waals surface area (Å²) in [4.78, 5) is 15.3. The maximum Gasteiger partial charge on any atom is 0.223 e. The molecule has 1 amide bonds. The maximum atomic E-state index is 14.2. The first kappa shape index (κ1) is 27.9. The fourth-order valence-electron chi connectivity index (χ4n) is 5.28. The minimum atomic E-state index is -3.32. The van der Waals surface area contributed by atoms with Gasteiger partial charge in [-0.1, -0.05) is 36.4 Å². The lowest BCUT2D eigenvalue weighted by Crippen LogP contribution is -2.47. The van der Waals surface area contributed by atoms with Crippen LogP contribution in [0.3, 0.4) is 0 Å². The summed E-state index contributed by atoms with van der Waals surface area (Å²) in [6, 6.07) is 16.6. The summed E-state index contributed by atoms with van der Waals surface area (Å²) in [6.07, 6.45) is 3.09. The molecule has 0 saturated carbocycles. The highest BCUT2D eigenvalue weighted by Gasteiger charge is 2.41. The Kier molecular flexibility index (Phi) is 8.28. The zero-order chi connectivity index (χ0) is 27.5. The Hall–Kier alpha value is -3.17. The number of sulfonamides is 1. The van der Waals surface area contributed by atoms with Crippen LogP contribution in [0.5, 0.6) is 0 Å². The molecule has 0 spiro atoms. The second-order valence-electron chi connectivity index (χ2n) is 9.99. The molecule has 202 valence electrons. The van der Waals surface area contributed by atoms with Crippen LogP contribution in [0.2, 0.25) is 0 Å². The predicted molar refractivity (Wildman–Crippen MR) is 141 cm³/mol. The first-order valence-corrected chi connectivity index (χ1v) is 14.4. The molecule has 4 rings (SSSR count). The van der Waals surface area contributed by atoms with Crippen molar-refractivity contribution in [3.8, 4) is 11.1 Å². The van der Waals surface area contributed by atoms with Gasteiger partial charge in [-0.2, -0.15) is 0 Å². The summed E-state index contributed by atoms with van der Waals surface area (Å²) in [6.45, 7) is 2.68. The van der Waals surface area contributed by atoms with Crippen LogP contribution in [0.25, 0.3) is 11.1 Å². The zero-order valence-electron chi connectivity index (χ0n) is 21.4. The Morgan fingerprint density at radius 2 is 1.63 bits per heavy atom. The highest BCUT2D eigenvalue weighted by atomic mass is 32.2. The summed E-state index contributed by atoms with van der Waals surface area (Å²) in [5.41, 5.74) is 2.14. The van der Waals surface area contributed by atoms with E-state index in [1.807, 2.05) is 24.0 Å². The number of halogens is 3. The molecule has 1 saturated heterocycles. The van der Waals surface area contributed by atoms with Crippen LogP contribution in [0.15, 0.2) is 66.7 Å². The lowest BCUT2D eigenvalue weighted by Gasteiger charge is -2.44. The number of amides is 1. The van der Waals surface area contributed by atoms with Crippen molar-refractivity contribution in [1.29, 1.82) is 0 Å². The van der Waals surface area contributed by atoms with Gasteiger partial charge in [0, 0.05) is 36.6 Å². The van der Waals surface area contributed by atoms with E-state index in [-0.39, 0.29) is 30.7 Å². The number of hydrogen-bond donors (Lipinski definition) is 1. The molecule has 9 heteroatoms. The summed E-state index contributed by atoms with van der Waals surface area (Å²) in [5, 5.41) is 0. The number of carbonyl (C=O) groups excluding carboxylic acids is 1. The minimum Gasteiger partial charge on any atom is -0.336 e. The quantitative estimate of drug-likeness (QED) is 0.351. The Morgan fingerprint density at radius 1 is 0.974 bits per heavy atom. The van der Waals surface area contributed by atoms with Crippen molar-refractivity contribution in [1.82, 2.24) is 9.62 Å². The molecule has 3 aromatic carbocycles. The van der Waals surface area contributed by atoms with Crippen LogP contribution in [-0.2, 0) is 20.2 Å². The molecule has 0 aliphatic carbocycles. The Labute approximate surface area is 221 Å². The second kappa shape index (κ2) is 11.3. The third-order valence-corrected chi connectivity index (χ3v) is 8.13. The number of nitrogens with one attached hydrogen (secondary N) is 1. The van der Waals surface area contributed by atoms with Gasteiger partial charge in [0.25, 0.3) is 0 Å². The topological polar surface area (TPSA) is 66.5 Å². The summed E-state index contributed by atoms with van der Waals surface area (Å²) >= 11 is 0. The SMILES string of the molecule is C[C@@H](c1ccc(-c2ccc(F)cc2F)cc1)N1CCC(CCCNS(C)(=O)=O)(c2ccc(F)cc2)CC1=O. The molecule has 1 aliphatic heterocycles. The van der Waals surface area contributed by atoms with Crippen molar-refractivity contribution in [3.05, 3.63) is 95.3 Å². The molecule has 1 fully saturated rings. The smallest absolute Gasteiger partial charge is 0.223 e.